The number of hydrogen-bond acceptors (Lipinski definition) is 5. The Balaban J connectivity index is 1.87. The lowest BCUT2D eigenvalue weighted by molar-refractivity contribution is 0.630. The lowest BCUT2D eigenvalue weighted by Crippen LogP contribution is -2.11. The molecule has 7 heteroatoms. The Hall–Kier alpha value is -2.02. The minimum atomic E-state index is -0.246. The third-order valence-electron chi connectivity index (χ3n) is 2.82. The Morgan fingerprint density at radius 1 is 1.42 bits per heavy atom. The molecule has 0 saturated carbocycles. The summed E-state index contributed by atoms with van der Waals surface area (Å²) in [6.07, 6.45) is 1.65. The molecule has 0 fully saturated rings. The van der Waals surface area contributed by atoms with Crippen molar-refractivity contribution in [2.45, 2.75) is 13.0 Å². The van der Waals surface area contributed by atoms with E-state index in [4.69, 9.17) is 0 Å². The van der Waals surface area contributed by atoms with Crippen molar-refractivity contribution in [1.29, 1.82) is 0 Å². The van der Waals surface area contributed by atoms with Crippen LogP contribution < -0.4 is 5.32 Å². The molecule has 1 atom stereocenters. The van der Waals surface area contributed by atoms with Gasteiger partial charge >= 0.3 is 0 Å². The van der Waals surface area contributed by atoms with Gasteiger partial charge in [-0.2, -0.15) is 0 Å². The molecular weight excluding hydrogens is 265 g/mol. The highest BCUT2D eigenvalue weighted by Gasteiger charge is 2.13. The third-order valence-corrected chi connectivity index (χ3v) is 3.77. The topological polar surface area (TPSA) is 55.6 Å². The van der Waals surface area contributed by atoms with Crippen molar-refractivity contribution < 1.29 is 4.39 Å². The fourth-order valence-corrected chi connectivity index (χ4v) is 2.87. The van der Waals surface area contributed by atoms with E-state index in [0.717, 1.165) is 21.2 Å². The molecular formula is C12H12FN5S. The van der Waals surface area contributed by atoms with Crippen LogP contribution in [-0.4, -0.2) is 19.7 Å². The summed E-state index contributed by atoms with van der Waals surface area (Å²) in [4.78, 5) is 4.42. The summed E-state index contributed by atoms with van der Waals surface area (Å²) in [5.41, 5.74) is 0.791. The molecule has 0 aliphatic heterocycles. The highest BCUT2D eigenvalue weighted by atomic mass is 32.1. The normalized spacial score (nSPS) is 12.8. The number of thiazole rings is 1. The Kier molecular flexibility index (Phi) is 2.90. The Bertz CT molecular complexity index is 720. The van der Waals surface area contributed by atoms with Crippen LogP contribution in [0.2, 0.25) is 0 Å². The van der Waals surface area contributed by atoms with Crippen LogP contribution in [0, 0.1) is 5.82 Å². The van der Waals surface area contributed by atoms with Crippen LogP contribution in [-0.2, 0) is 7.05 Å². The van der Waals surface area contributed by atoms with Crippen LogP contribution >= 0.6 is 11.3 Å². The van der Waals surface area contributed by atoms with Gasteiger partial charge in [0.1, 0.15) is 12.1 Å². The Morgan fingerprint density at radius 2 is 2.26 bits per heavy atom. The van der Waals surface area contributed by atoms with Gasteiger partial charge in [-0.3, -0.25) is 0 Å². The molecule has 1 aromatic carbocycles. The molecule has 0 aliphatic carbocycles. The maximum atomic E-state index is 13.1. The molecule has 5 nitrogen and oxygen atoms in total. The van der Waals surface area contributed by atoms with E-state index in [2.05, 4.69) is 20.5 Å². The summed E-state index contributed by atoms with van der Waals surface area (Å²) in [7, 11) is 1.89. The Labute approximate surface area is 113 Å². The van der Waals surface area contributed by atoms with Crippen molar-refractivity contribution in [3.63, 3.8) is 0 Å². The zero-order chi connectivity index (χ0) is 13.4. The number of anilines is 1. The number of aryl methyl sites for hydroxylation is 1. The van der Waals surface area contributed by atoms with Crippen molar-refractivity contribution in [2.24, 2.45) is 7.05 Å². The number of hydrogen-bond donors (Lipinski definition) is 1. The number of rotatable bonds is 3. The monoisotopic (exact) mass is 277 g/mol. The maximum absolute atomic E-state index is 13.1. The molecule has 2 heterocycles. The summed E-state index contributed by atoms with van der Waals surface area (Å²) in [5.74, 6) is 0.578. The molecule has 1 N–H and O–H groups in total. The largest absolute Gasteiger partial charge is 0.352 e. The average molecular weight is 277 g/mol. The highest BCUT2D eigenvalue weighted by Crippen LogP contribution is 2.28. The second-order valence-corrected chi connectivity index (χ2v) is 5.33. The zero-order valence-electron chi connectivity index (χ0n) is 10.5. The first-order valence-corrected chi connectivity index (χ1v) is 6.61. The van der Waals surface area contributed by atoms with Crippen molar-refractivity contribution in [3.05, 3.63) is 36.2 Å². The standard InChI is InChI=1S/C12H12FN5S/c1-7(11-17-14-6-18(11)2)15-12-16-9-4-3-8(13)5-10(9)19-12/h3-7H,1-2H3,(H,15,16). The number of benzene rings is 1. The van der Waals surface area contributed by atoms with Gasteiger partial charge in [-0.1, -0.05) is 11.3 Å². The van der Waals surface area contributed by atoms with Gasteiger partial charge in [-0.05, 0) is 25.1 Å². The molecule has 0 radical (unpaired) electrons. The van der Waals surface area contributed by atoms with E-state index in [1.165, 1.54) is 23.5 Å². The fourth-order valence-electron chi connectivity index (χ4n) is 1.89. The zero-order valence-corrected chi connectivity index (χ0v) is 11.3. The second kappa shape index (κ2) is 4.58. The van der Waals surface area contributed by atoms with E-state index in [1.54, 1.807) is 12.4 Å². The molecule has 0 aliphatic rings. The number of halogens is 1. The number of fused-ring (bicyclic) bond motifs is 1. The van der Waals surface area contributed by atoms with E-state index in [-0.39, 0.29) is 11.9 Å². The fraction of sp³-hybridized carbons (Fsp3) is 0.250. The molecule has 0 saturated heterocycles. The quantitative estimate of drug-likeness (QED) is 0.799. The van der Waals surface area contributed by atoms with E-state index in [1.807, 2.05) is 18.5 Å². The maximum Gasteiger partial charge on any atom is 0.184 e. The minimum Gasteiger partial charge on any atom is -0.352 e. The SMILES string of the molecule is CC(Nc1nc2ccc(F)cc2s1)c1nncn1C. The van der Waals surface area contributed by atoms with Gasteiger partial charge in [0.25, 0.3) is 0 Å². The van der Waals surface area contributed by atoms with E-state index in [0.29, 0.717) is 0 Å². The van der Waals surface area contributed by atoms with E-state index in [9.17, 15) is 4.39 Å². The van der Waals surface area contributed by atoms with Gasteiger partial charge in [0.2, 0.25) is 0 Å². The Morgan fingerprint density at radius 3 is 3.00 bits per heavy atom. The molecule has 3 aromatic rings. The summed E-state index contributed by atoms with van der Waals surface area (Å²) in [5, 5.41) is 11.9. The predicted octanol–water partition coefficient (Wildman–Crippen LogP) is 2.74. The van der Waals surface area contributed by atoms with Crippen molar-refractivity contribution in [2.75, 3.05) is 5.32 Å². The molecule has 2 aromatic heterocycles. The smallest absolute Gasteiger partial charge is 0.184 e. The summed E-state index contributed by atoms with van der Waals surface area (Å²) in [6, 6.07) is 4.57. The molecule has 19 heavy (non-hydrogen) atoms. The van der Waals surface area contributed by atoms with Crippen LogP contribution in [0.25, 0.3) is 10.2 Å². The molecule has 0 bridgehead atoms. The first kappa shape index (κ1) is 12.0. The average Bonchev–Trinajstić information content (AvgIpc) is 2.94. The van der Waals surface area contributed by atoms with Crippen LogP contribution in [0.1, 0.15) is 18.8 Å². The lowest BCUT2D eigenvalue weighted by atomic mass is 10.3. The summed E-state index contributed by atoms with van der Waals surface area (Å²) >= 11 is 1.42. The predicted molar refractivity (Wildman–Crippen MR) is 72.6 cm³/mol. The van der Waals surface area contributed by atoms with Crippen LogP contribution in [0.3, 0.4) is 0 Å². The summed E-state index contributed by atoms with van der Waals surface area (Å²) in [6.45, 7) is 1.98. The van der Waals surface area contributed by atoms with Crippen LogP contribution in [0.4, 0.5) is 9.52 Å². The molecule has 3 rings (SSSR count). The number of nitrogens with one attached hydrogen (secondary N) is 1. The van der Waals surface area contributed by atoms with E-state index >= 15 is 0 Å². The van der Waals surface area contributed by atoms with Crippen LogP contribution in [0.5, 0.6) is 0 Å². The summed E-state index contributed by atoms with van der Waals surface area (Å²) < 4.78 is 15.8. The van der Waals surface area contributed by atoms with Crippen molar-refractivity contribution >= 4 is 26.7 Å². The van der Waals surface area contributed by atoms with Gasteiger partial charge in [0, 0.05) is 7.05 Å². The van der Waals surface area contributed by atoms with Crippen molar-refractivity contribution in [3.8, 4) is 0 Å². The van der Waals surface area contributed by atoms with Crippen LogP contribution in [0.15, 0.2) is 24.5 Å². The first-order valence-electron chi connectivity index (χ1n) is 5.80. The van der Waals surface area contributed by atoms with Gasteiger partial charge < -0.3 is 9.88 Å². The number of nitrogens with zero attached hydrogens (tertiary/aromatic N) is 4. The van der Waals surface area contributed by atoms with Gasteiger partial charge in [-0.25, -0.2) is 9.37 Å². The van der Waals surface area contributed by atoms with Gasteiger partial charge in [0.05, 0.1) is 16.3 Å². The lowest BCUT2D eigenvalue weighted by Gasteiger charge is -2.11. The molecule has 98 valence electrons. The van der Waals surface area contributed by atoms with Crippen molar-refractivity contribution in [1.82, 2.24) is 19.7 Å². The highest BCUT2D eigenvalue weighted by molar-refractivity contribution is 7.22. The van der Waals surface area contributed by atoms with Gasteiger partial charge in [-0.15, -0.1) is 10.2 Å². The molecule has 0 spiro atoms. The second-order valence-electron chi connectivity index (χ2n) is 4.30. The molecule has 0 amide bonds. The minimum absolute atomic E-state index is 0.0158. The third kappa shape index (κ3) is 2.28. The van der Waals surface area contributed by atoms with E-state index < -0.39 is 0 Å². The van der Waals surface area contributed by atoms with Gasteiger partial charge in [0.15, 0.2) is 11.0 Å². The number of aromatic nitrogens is 4. The molecule has 1 unspecified atom stereocenters. The first-order chi connectivity index (χ1) is 9.13.